The molecule has 0 spiro atoms. The average molecular weight is 556 g/mol. The third-order valence-corrected chi connectivity index (χ3v) is 7.09. The second kappa shape index (κ2) is 14.8. The summed E-state index contributed by atoms with van der Waals surface area (Å²) in [6, 6.07) is 27.3. The third-order valence-electron chi connectivity index (χ3n) is 7.09. The number of carbonyl (C=O) groups is 2. The molecule has 0 atom stereocenters. The Balaban J connectivity index is 1.55. The fourth-order valence-corrected chi connectivity index (χ4v) is 4.75. The van der Waals surface area contributed by atoms with Crippen molar-refractivity contribution in [3.05, 3.63) is 125 Å². The molecule has 0 N–H and O–H groups in total. The predicted molar refractivity (Wildman–Crippen MR) is 159 cm³/mol. The van der Waals surface area contributed by atoms with Gasteiger partial charge < -0.3 is 19.1 Å². The number of rotatable bonds is 14. The van der Waals surface area contributed by atoms with E-state index < -0.39 is 0 Å². The quantitative estimate of drug-likeness (QED) is 0.166. The summed E-state index contributed by atoms with van der Waals surface area (Å²) >= 11 is 0. The molecule has 1 aromatic heterocycles. The van der Waals surface area contributed by atoms with Crippen LogP contribution in [-0.2, 0) is 24.4 Å². The monoisotopic (exact) mass is 555 g/mol. The molecule has 1 heterocycles. The number of ether oxygens (including phenoxy) is 1. The first-order valence-corrected chi connectivity index (χ1v) is 14.1. The van der Waals surface area contributed by atoms with Crippen LogP contribution in [0.15, 0.2) is 97.2 Å². The summed E-state index contributed by atoms with van der Waals surface area (Å²) in [5.41, 5.74) is 3.46. The highest BCUT2D eigenvalue weighted by Gasteiger charge is 2.23. The zero-order valence-electron chi connectivity index (χ0n) is 23.8. The molecule has 0 aliphatic rings. The van der Waals surface area contributed by atoms with Gasteiger partial charge in [0.2, 0.25) is 5.91 Å². The number of benzene rings is 3. The lowest BCUT2D eigenvalue weighted by Crippen LogP contribution is -2.43. The number of halogens is 1. The first-order chi connectivity index (χ1) is 20.0. The van der Waals surface area contributed by atoms with Gasteiger partial charge in [-0.1, -0.05) is 62.2 Å². The van der Waals surface area contributed by atoms with Gasteiger partial charge in [0.15, 0.2) is 0 Å². The maximum absolute atomic E-state index is 13.9. The Labute approximate surface area is 242 Å². The van der Waals surface area contributed by atoms with Crippen LogP contribution in [0.4, 0.5) is 4.39 Å². The molecule has 0 bridgehead atoms. The van der Waals surface area contributed by atoms with E-state index in [1.165, 1.54) is 12.1 Å². The normalized spacial score (nSPS) is 10.8. The fourth-order valence-electron chi connectivity index (χ4n) is 4.75. The minimum absolute atomic E-state index is 0.0138. The second-order valence-electron chi connectivity index (χ2n) is 10.2. The Morgan fingerprint density at radius 2 is 1.54 bits per heavy atom. The number of carbonyl (C=O) groups excluding carboxylic acids is 2. The van der Waals surface area contributed by atoms with Gasteiger partial charge in [-0.15, -0.1) is 0 Å². The Hall–Kier alpha value is -4.39. The molecule has 4 rings (SSSR count). The number of unbranched alkanes of at least 4 members (excludes halogenated alkanes) is 2. The van der Waals surface area contributed by atoms with Crippen LogP contribution < -0.4 is 4.74 Å². The molecule has 0 unspecified atom stereocenters. The van der Waals surface area contributed by atoms with E-state index in [1.807, 2.05) is 48.7 Å². The highest BCUT2D eigenvalue weighted by atomic mass is 19.1. The highest BCUT2D eigenvalue weighted by Crippen LogP contribution is 2.17. The van der Waals surface area contributed by atoms with Crippen molar-refractivity contribution >= 4 is 11.8 Å². The molecule has 0 radical (unpaired) electrons. The van der Waals surface area contributed by atoms with Crippen LogP contribution in [0.25, 0.3) is 0 Å². The number of aromatic nitrogens is 1. The van der Waals surface area contributed by atoms with Crippen molar-refractivity contribution in [2.75, 3.05) is 20.2 Å². The molecule has 6 nitrogen and oxygen atoms in total. The molecule has 0 fully saturated rings. The van der Waals surface area contributed by atoms with Crippen molar-refractivity contribution in [3.8, 4) is 5.75 Å². The van der Waals surface area contributed by atoms with Gasteiger partial charge in [0.05, 0.1) is 13.7 Å². The van der Waals surface area contributed by atoms with E-state index in [0.717, 1.165) is 36.1 Å². The fraction of sp³-hybridized carbons (Fsp3) is 0.294. The van der Waals surface area contributed by atoms with Crippen LogP contribution >= 0.6 is 0 Å². The van der Waals surface area contributed by atoms with Crippen molar-refractivity contribution in [3.63, 3.8) is 0 Å². The van der Waals surface area contributed by atoms with Crippen molar-refractivity contribution in [2.24, 2.45) is 0 Å². The SMILES string of the molecule is CCCCCN(CC(=O)N(Cc1ccccc1)Cc1cccn1Cc1ccc(F)cc1)C(=O)c1ccc(OC)cc1. The zero-order valence-corrected chi connectivity index (χ0v) is 23.8. The average Bonchev–Trinajstić information content (AvgIpc) is 3.44. The zero-order chi connectivity index (χ0) is 29.0. The molecule has 41 heavy (non-hydrogen) atoms. The van der Waals surface area contributed by atoms with Gasteiger partial charge in [-0.3, -0.25) is 9.59 Å². The van der Waals surface area contributed by atoms with Gasteiger partial charge in [-0.25, -0.2) is 4.39 Å². The van der Waals surface area contributed by atoms with Gasteiger partial charge in [0, 0.05) is 37.1 Å². The summed E-state index contributed by atoms with van der Waals surface area (Å²) in [6.07, 6.45) is 4.79. The van der Waals surface area contributed by atoms with Crippen molar-refractivity contribution in [2.45, 2.75) is 45.8 Å². The summed E-state index contributed by atoms with van der Waals surface area (Å²) < 4.78 is 20.7. The number of nitrogens with zero attached hydrogens (tertiary/aromatic N) is 3. The minimum Gasteiger partial charge on any atom is -0.497 e. The van der Waals surface area contributed by atoms with E-state index in [2.05, 4.69) is 11.5 Å². The molecule has 0 saturated carbocycles. The number of amides is 2. The first-order valence-electron chi connectivity index (χ1n) is 14.1. The molecular formula is C34H38FN3O3. The van der Waals surface area contributed by atoms with Crippen LogP contribution in [0.2, 0.25) is 0 Å². The molecular weight excluding hydrogens is 517 g/mol. The van der Waals surface area contributed by atoms with E-state index in [4.69, 9.17) is 4.74 Å². The third kappa shape index (κ3) is 8.55. The van der Waals surface area contributed by atoms with Crippen LogP contribution in [0.3, 0.4) is 0 Å². The van der Waals surface area contributed by atoms with E-state index >= 15 is 0 Å². The Bertz CT molecular complexity index is 1390. The highest BCUT2D eigenvalue weighted by molar-refractivity contribution is 5.96. The minimum atomic E-state index is -0.270. The van der Waals surface area contributed by atoms with Crippen molar-refractivity contribution < 1.29 is 18.7 Å². The van der Waals surface area contributed by atoms with E-state index in [1.54, 1.807) is 53.3 Å². The lowest BCUT2D eigenvalue weighted by Gasteiger charge is -2.28. The molecule has 0 aliphatic heterocycles. The number of hydrogen-bond acceptors (Lipinski definition) is 3. The largest absolute Gasteiger partial charge is 0.497 e. The van der Waals surface area contributed by atoms with E-state index in [-0.39, 0.29) is 24.2 Å². The van der Waals surface area contributed by atoms with E-state index in [9.17, 15) is 14.0 Å². The maximum atomic E-state index is 13.9. The number of methoxy groups -OCH3 is 1. The molecule has 0 saturated heterocycles. The first kappa shape index (κ1) is 29.6. The molecule has 2 amide bonds. The molecule has 214 valence electrons. The van der Waals surface area contributed by atoms with Gasteiger partial charge in [0.25, 0.3) is 5.91 Å². The lowest BCUT2D eigenvalue weighted by molar-refractivity contribution is -0.133. The van der Waals surface area contributed by atoms with Crippen LogP contribution in [0.1, 0.15) is 53.4 Å². The van der Waals surface area contributed by atoms with Gasteiger partial charge in [-0.05, 0) is 66.1 Å². The van der Waals surface area contributed by atoms with Crippen LogP contribution in [0, 0.1) is 5.82 Å². The summed E-state index contributed by atoms with van der Waals surface area (Å²) in [5.74, 6) is 0.111. The maximum Gasteiger partial charge on any atom is 0.254 e. The summed E-state index contributed by atoms with van der Waals surface area (Å²) in [6.45, 7) is 3.96. The standard InChI is InChI=1S/C34H38FN3O3/c1-3-4-8-21-37(34(40)29-15-19-32(41-2)20-16-29)26-33(39)38(24-27-10-6-5-7-11-27)25-31-12-9-22-36(31)23-28-13-17-30(35)18-14-28/h5-7,9-20,22H,3-4,8,21,23-26H2,1-2H3. The van der Waals surface area contributed by atoms with Gasteiger partial charge >= 0.3 is 0 Å². The summed E-state index contributed by atoms with van der Waals surface area (Å²) in [7, 11) is 1.59. The predicted octanol–water partition coefficient (Wildman–Crippen LogP) is 6.55. The summed E-state index contributed by atoms with van der Waals surface area (Å²) in [4.78, 5) is 30.9. The Morgan fingerprint density at radius 1 is 0.805 bits per heavy atom. The van der Waals surface area contributed by atoms with Crippen LogP contribution in [-0.4, -0.2) is 46.4 Å². The second-order valence-corrected chi connectivity index (χ2v) is 10.2. The molecule has 3 aromatic carbocycles. The topological polar surface area (TPSA) is 54.8 Å². The Morgan fingerprint density at radius 3 is 2.22 bits per heavy atom. The van der Waals surface area contributed by atoms with Gasteiger partial charge in [0.1, 0.15) is 18.1 Å². The van der Waals surface area contributed by atoms with Gasteiger partial charge in [-0.2, -0.15) is 0 Å². The molecule has 0 aliphatic carbocycles. The van der Waals surface area contributed by atoms with Crippen molar-refractivity contribution in [1.82, 2.24) is 14.4 Å². The summed E-state index contributed by atoms with van der Waals surface area (Å²) in [5, 5.41) is 0. The van der Waals surface area contributed by atoms with E-state index in [0.29, 0.717) is 37.5 Å². The Kier molecular flexibility index (Phi) is 10.7. The smallest absolute Gasteiger partial charge is 0.254 e. The van der Waals surface area contributed by atoms with Crippen molar-refractivity contribution in [1.29, 1.82) is 0 Å². The van der Waals surface area contributed by atoms with Crippen LogP contribution in [0.5, 0.6) is 5.75 Å². The number of hydrogen-bond donors (Lipinski definition) is 0. The lowest BCUT2D eigenvalue weighted by atomic mass is 10.1. The molecule has 4 aromatic rings. The molecule has 7 heteroatoms.